The van der Waals surface area contributed by atoms with Crippen LogP contribution in [0.3, 0.4) is 0 Å². The number of halogens is 1. The number of aromatic nitrogens is 2. The maximum absolute atomic E-state index is 12.0. The molecule has 0 aliphatic carbocycles. The first-order valence-corrected chi connectivity index (χ1v) is 7.18. The van der Waals surface area contributed by atoms with Crippen molar-refractivity contribution in [3.05, 3.63) is 55.8 Å². The predicted molar refractivity (Wildman–Crippen MR) is 85.6 cm³/mol. The van der Waals surface area contributed by atoms with Crippen LogP contribution in [-0.4, -0.2) is 16.1 Å². The molecule has 100 valence electrons. The summed E-state index contributed by atoms with van der Waals surface area (Å²) in [5, 5.41) is 3.31. The normalized spacial score (nSPS) is 10.5. The van der Waals surface area contributed by atoms with Crippen LogP contribution in [0.2, 0.25) is 0 Å². The van der Waals surface area contributed by atoms with E-state index < -0.39 is 0 Å². The van der Waals surface area contributed by atoms with E-state index in [1.807, 2.05) is 41.6 Å². The van der Waals surface area contributed by atoms with Crippen LogP contribution in [-0.2, 0) is 6.54 Å². The quantitative estimate of drug-likeness (QED) is 0.843. The highest BCUT2D eigenvalue weighted by Crippen LogP contribution is 2.09. The zero-order chi connectivity index (χ0) is 13.8. The minimum absolute atomic E-state index is 0.0270. The van der Waals surface area contributed by atoms with Crippen molar-refractivity contribution in [3.8, 4) is 0 Å². The van der Waals surface area contributed by atoms with Gasteiger partial charge in [-0.05, 0) is 54.1 Å². The number of hydrogen-bond acceptors (Lipinski definition) is 3. The Labute approximate surface area is 126 Å². The molecule has 19 heavy (non-hydrogen) atoms. The summed E-state index contributed by atoms with van der Waals surface area (Å²) in [6.45, 7) is 5.21. The molecule has 0 aliphatic heterocycles. The van der Waals surface area contributed by atoms with Crippen LogP contribution in [0.1, 0.15) is 11.3 Å². The fourth-order valence-corrected chi connectivity index (χ4v) is 2.23. The summed E-state index contributed by atoms with van der Waals surface area (Å²) < 4.78 is 2.33. The van der Waals surface area contributed by atoms with Gasteiger partial charge in [-0.25, -0.2) is 4.98 Å². The van der Waals surface area contributed by atoms with Crippen molar-refractivity contribution in [3.63, 3.8) is 0 Å². The lowest BCUT2D eigenvalue weighted by molar-refractivity contribution is 0.671. The first-order valence-electron chi connectivity index (χ1n) is 6.10. The molecular weight excluding hydrogens is 353 g/mol. The molecule has 0 radical (unpaired) electrons. The van der Waals surface area contributed by atoms with E-state index in [1.54, 1.807) is 10.9 Å². The second kappa shape index (κ2) is 6.18. The van der Waals surface area contributed by atoms with E-state index in [9.17, 15) is 4.79 Å². The van der Waals surface area contributed by atoms with Crippen molar-refractivity contribution in [2.75, 3.05) is 11.9 Å². The van der Waals surface area contributed by atoms with Crippen LogP contribution >= 0.6 is 22.6 Å². The second-order valence-electron chi connectivity index (χ2n) is 4.44. The Hall–Kier alpha value is -1.37. The van der Waals surface area contributed by atoms with Crippen LogP contribution < -0.4 is 10.9 Å². The smallest absolute Gasteiger partial charge is 0.267 e. The van der Waals surface area contributed by atoms with Gasteiger partial charge in [-0.3, -0.25) is 9.36 Å². The Morgan fingerprint density at radius 3 is 2.89 bits per heavy atom. The van der Waals surface area contributed by atoms with Crippen molar-refractivity contribution in [2.24, 2.45) is 0 Å². The van der Waals surface area contributed by atoms with Gasteiger partial charge in [0.1, 0.15) is 0 Å². The Bertz CT molecular complexity index is 637. The topological polar surface area (TPSA) is 46.9 Å². The van der Waals surface area contributed by atoms with E-state index in [2.05, 4.69) is 29.4 Å². The molecule has 1 N–H and O–H groups in total. The fourth-order valence-electron chi connectivity index (χ4n) is 1.78. The molecule has 0 saturated carbocycles. The van der Waals surface area contributed by atoms with Gasteiger partial charge in [-0.1, -0.05) is 12.1 Å². The van der Waals surface area contributed by atoms with Crippen LogP contribution in [0, 0.1) is 17.4 Å². The average Bonchev–Trinajstić information content (AvgIpc) is 2.39. The maximum atomic E-state index is 12.0. The summed E-state index contributed by atoms with van der Waals surface area (Å²) in [6.07, 6.45) is 1.61. The number of nitrogens with one attached hydrogen (secondary N) is 1. The van der Waals surface area contributed by atoms with Gasteiger partial charge >= 0.3 is 0 Å². The lowest BCUT2D eigenvalue weighted by Gasteiger charge is -2.09. The molecule has 0 fully saturated rings. The van der Waals surface area contributed by atoms with E-state index in [0.29, 0.717) is 16.7 Å². The van der Waals surface area contributed by atoms with Crippen molar-refractivity contribution in [2.45, 2.75) is 20.4 Å². The molecule has 5 heteroatoms. The molecule has 0 spiro atoms. The fraction of sp³-hybridized carbons (Fsp3) is 0.286. The number of nitrogens with zero attached hydrogens (tertiary/aromatic N) is 2. The van der Waals surface area contributed by atoms with Gasteiger partial charge in [-0.2, -0.15) is 0 Å². The van der Waals surface area contributed by atoms with Crippen LogP contribution in [0.5, 0.6) is 0 Å². The lowest BCUT2D eigenvalue weighted by Crippen LogP contribution is -2.26. The molecule has 0 unspecified atom stereocenters. The molecular formula is C14H16IN3O. The summed E-state index contributed by atoms with van der Waals surface area (Å²) in [5.74, 6) is 0. The van der Waals surface area contributed by atoms with Crippen molar-refractivity contribution in [1.82, 2.24) is 9.55 Å². The minimum Gasteiger partial charge on any atom is -0.383 e. The van der Waals surface area contributed by atoms with Crippen LogP contribution in [0.4, 0.5) is 5.69 Å². The standard InChI is InChI=1S/C14H16IN3O/c1-10-4-3-5-12(8-10)16-6-7-18-9-17-11(2)13(15)14(18)19/h3-5,8-9,16H,6-7H2,1-2H3. The monoisotopic (exact) mass is 369 g/mol. The third kappa shape index (κ3) is 3.56. The number of rotatable bonds is 4. The highest BCUT2D eigenvalue weighted by molar-refractivity contribution is 14.1. The molecule has 4 nitrogen and oxygen atoms in total. The Balaban J connectivity index is 2.00. The van der Waals surface area contributed by atoms with E-state index in [0.717, 1.165) is 11.4 Å². The van der Waals surface area contributed by atoms with Gasteiger partial charge in [0.05, 0.1) is 15.6 Å². The zero-order valence-electron chi connectivity index (χ0n) is 11.0. The lowest BCUT2D eigenvalue weighted by atomic mass is 10.2. The average molecular weight is 369 g/mol. The first-order chi connectivity index (χ1) is 9.08. The minimum atomic E-state index is 0.0270. The molecule has 2 aromatic rings. The largest absolute Gasteiger partial charge is 0.383 e. The third-order valence-corrected chi connectivity index (χ3v) is 4.10. The van der Waals surface area contributed by atoms with Gasteiger partial charge in [-0.15, -0.1) is 0 Å². The third-order valence-electron chi connectivity index (χ3n) is 2.86. The van der Waals surface area contributed by atoms with Crippen LogP contribution in [0.15, 0.2) is 35.4 Å². The molecule has 0 saturated heterocycles. The molecule has 1 aromatic heterocycles. The van der Waals surface area contributed by atoms with E-state index in [-0.39, 0.29) is 5.56 Å². The summed E-state index contributed by atoms with van der Waals surface area (Å²) in [4.78, 5) is 16.2. The Kier molecular flexibility index (Phi) is 4.57. The number of anilines is 1. The molecule has 2 rings (SSSR count). The highest BCUT2D eigenvalue weighted by atomic mass is 127. The number of hydrogen-bond donors (Lipinski definition) is 1. The van der Waals surface area contributed by atoms with Gasteiger partial charge in [0.15, 0.2) is 0 Å². The summed E-state index contributed by atoms with van der Waals surface area (Å²) in [5.41, 5.74) is 3.10. The van der Waals surface area contributed by atoms with Crippen molar-refractivity contribution in [1.29, 1.82) is 0 Å². The molecule has 1 heterocycles. The number of aryl methyl sites for hydroxylation is 2. The number of benzene rings is 1. The molecule has 0 bridgehead atoms. The molecule has 0 aliphatic rings. The molecule has 1 aromatic carbocycles. The van der Waals surface area contributed by atoms with Crippen LogP contribution in [0.25, 0.3) is 0 Å². The first kappa shape index (κ1) is 14.0. The zero-order valence-corrected chi connectivity index (χ0v) is 13.1. The molecule has 0 atom stereocenters. The summed E-state index contributed by atoms with van der Waals surface area (Å²) >= 11 is 2.05. The van der Waals surface area contributed by atoms with E-state index in [1.165, 1.54) is 5.56 Å². The second-order valence-corrected chi connectivity index (χ2v) is 5.52. The van der Waals surface area contributed by atoms with E-state index >= 15 is 0 Å². The van der Waals surface area contributed by atoms with Crippen molar-refractivity contribution < 1.29 is 0 Å². The Morgan fingerprint density at radius 1 is 1.37 bits per heavy atom. The van der Waals surface area contributed by atoms with E-state index in [4.69, 9.17) is 0 Å². The van der Waals surface area contributed by atoms with Gasteiger partial charge in [0.25, 0.3) is 5.56 Å². The van der Waals surface area contributed by atoms with Gasteiger partial charge in [0.2, 0.25) is 0 Å². The predicted octanol–water partition coefficient (Wildman–Crippen LogP) is 2.58. The highest BCUT2D eigenvalue weighted by Gasteiger charge is 2.04. The van der Waals surface area contributed by atoms with Crippen molar-refractivity contribution >= 4 is 28.3 Å². The van der Waals surface area contributed by atoms with Gasteiger partial charge < -0.3 is 5.32 Å². The summed E-state index contributed by atoms with van der Waals surface area (Å²) in [7, 11) is 0. The Morgan fingerprint density at radius 2 is 2.16 bits per heavy atom. The summed E-state index contributed by atoms with van der Waals surface area (Å²) in [6, 6.07) is 8.18. The maximum Gasteiger partial charge on any atom is 0.267 e. The SMILES string of the molecule is Cc1cccc(NCCn2cnc(C)c(I)c2=O)c1. The van der Waals surface area contributed by atoms with Gasteiger partial charge in [0, 0.05) is 18.8 Å². The molecule has 0 amide bonds.